The van der Waals surface area contributed by atoms with Crippen LogP contribution in [0.2, 0.25) is 0 Å². The first-order valence-corrected chi connectivity index (χ1v) is 9.06. The normalized spacial score (nSPS) is 15.8. The van der Waals surface area contributed by atoms with Gasteiger partial charge in [-0.25, -0.2) is 13.1 Å². The zero-order valence-electron chi connectivity index (χ0n) is 11.3. The highest BCUT2D eigenvalue weighted by atomic mass is 32.2. The Bertz CT molecular complexity index is 281. The molecule has 0 aliphatic carbocycles. The van der Waals surface area contributed by atoms with E-state index in [0.29, 0.717) is 19.0 Å². The molecule has 0 radical (unpaired) electrons. The molecular weight excluding hydrogens is 256 g/mol. The Morgan fingerprint density at radius 1 is 1.24 bits per heavy atom. The van der Waals surface area contributed by atoms with E-state index in [-0.39, 0.29) is 5.25 Å². The zero-order valence-corrected chi connectivity index (χ0v) is 13.0. The van der Waals surface area contributed by atoms with Gasteiger partial charge in [-0.2, -0.15) is 11.8 Å². The maximum Gasteiger partial charge on any atom is 0.215 e. The second-order valence-corrected chi connectivity index (χ2v) is 7.56. The lowest BCUT2D eigenvalue weighted by Gasteiger charge is -2.16. The van der Waals surface area contributed by atoms with E-state index in [4.69, 9.17) is 0 Å². The van der Waals surface area contributed by atoms with Crippen LogP contribution in [0, 0.1) is 5.92 Å². The molecule has 0 aromatic carbocycles. The standard InChI is InChI=1S/C11H26N2O2S2/c1-5-6-12-8-11(3)17(14,15)13-7-10(2)9-16-4/h10-13H,5-9H2,1-4H3. The van der Waals surface area contributed by atoms with Gasteiger partial charge >= 0.3 is 0 Å². The molecule has 0 aliphatic rings. The molecule has 0 aliphatic heterocycles. The van der Waals surface area contributed by atoms with Gasteiger partial charge in [-0.3, -0.25) is 0 Å². The Morgan fingerprint density at radius 3 is 2.41 bits per heavy atom. The average Bonchev–Trinajstić information content (AvgIpc) is 2.27. The SMILES string of the molecule is CCCNCC(C)S(=O)(=O)NCC(C)CSC. The fraction of sp³-hybridized carbons (Fsp3) is 1.00. The van der Waals surface area contributed by atoms with E-state index in [2.05, 4.69) is 23.9 Å². The van der Waals surface area contributed by atoms with E-state index < -0.39 is 10.0 Å². The number of hydrogen-bond donors (Lipinski definition) is 2. The van der Waals surface area contributed by atoms with Crippen LogP contribution >= 0.6 is 11.8 Å². The van der Waals surface area contributed by atoms with Crippen molar-refractivity contribution >= 4 is 21.8 Å². The van der Waals surface area contributed by atoms with Crippen LogP contribution in [0.15, 0.2) is 0 Å². The van der Waals surface area contributed by atoms with E-state index >= 15 is 0 Å². The van der Waals surface area contributed by atoms with E-state index in [0.717, 1.165) is 18.7 Å². The molecule has 2 atom stereocenters. The Kier molecular flexibility index (Phi) is 9.31. The second kappa shape index (κ2) is 9.19. The van der Waals surface area contributed by atoms with Crippen molar-refractivity contribution in [2.24, 2.45) is 5.92 Å². The summed E-state index contributed by atoms with van der Waals surface area (Å²) in [6, 6.07) is 0. The number of sulfonamides is 1. The van der Waals surface area contributed by atoms with Gasteiger partial charge in [0.2, 0.25) is 10.0 Å². The van der Waals surface area contributed by atoms with Gasteiger partial charge in [-0.15, -0.1) is 0 Å². The van der Waals surface area contributed by atoms with Crippen LogP contribution in [-0.2, 0) is 10.0 Å². The fourth-order valence-corrected chi connectivity index (χ4v) is 3.16. The van der Waals surface area contributed by atoms with Crippen molar-refractivity contribution in [2.45, 2.75) is 32.4 Å². The molecule has 6 heteroatoms. The molecule has 17 heavy (non-hydrogen) atoms. The van der Waals surface area contributed by atoms with Crippen molar-refractivity contribution in [2.75, 3.05) is 31.6 Å². The Morgan fingerprint density at radius 2 is 1.88 bits per heavy atom. The molecule has 0 saturated heterocycles. The summed E-state index contributed by atoms with van der Waals surface area (Å²) < 4.78 is 26.4. The number of rotatable bonds is 10. The van der Waals surface area contributed by atoms with Crippen LogP contribution in [0.5, 0.6) is 0 Å². The largest absolute Gasteiger partial charge is 0.315 e. The number of hydrogen-bond acceptors (Lipinski definition) is 4. The summed E-state index contributed by atoms with van der Waals surface area (Å²) in [4.78, 5) is 0. The first kappa shape index (κ1) is 17.2. The van der Waals surface area contributed by atoms with Crippen LogP contribution in [0.4, 0.5) is 0 Å². The molecule has 0 fully saturated rings. The Hall–Kier alpha value is 0.220. The summed E-state index contributed by atoms with van der Waals surface area (Å²) in [7, 11) is -3.18. The highest BCUT2D eigenvalue weighted by molar-refractivity contribution is 7.98. The summed E-state index contributed by atoms with van der Waals surface area (Å²) in [5.74, 6) is 1.35. The monoisotopic (exact) mass is 282 g/mol. The highest BCUT2D eigenvalue weighted by Crippen LogP contribution is 2.04. The van der Waals surface area contributed by atoms with Gasteiger partial charge in [0.1, 0.15) is 0 Å². The molecule has 0 heterocycles. The lowest BCUT2D eigenvalue weighted by atomic mass is 10.2. The molecular formula is C11H26N2O2S2. The topological polar surface area (TPSA) is 58.2 Å². The van der Waals surface area contributed by atoms with Crippen LogP contribution in [0.1, 0.15) is 27.2 Å². The second-order valence-electron chi connectivity index (χ2n) is 4.47. The molecule has 2 unspecified atom stereocenters. The summed E-state index contributed by atoms with van der Waals surface area (Å²) in [6.07, 6.45) is 3.05. The third kappa shape index (κ3) is 8.02. The van der Waals surface area contributed by atoms with Gasteiger partial charge in [-0.05, 0) is 37.8 Å². The predicted molar refractivity (Wildman–Crippen MR) is 77.1 cm³/mol. The summed E-state index contributed by atoms with van der Waals surface area (Å²) in [6.45, 7) is 7.77. The Balaban J connectivity index is 4.00. The first-order valence-electron chi connectivity index (χ1n) is 6.12. The van der Waals surface area contributed by atoms with E-state index in [1.54, 1.807) is 18.7 Å². The van der Waals surface area contributed by atoms with Gasteiger partial charge in [0, 0.05) is 13.1 Å². The molecule has 2 N–H and O–H groups in total. The summed E-state index contributed by atoms with van der Waals surface area (Å²) in [5, 5.41) is 2.75. The molecule has 4 nitrogen and oxygen atoms in total. The maximum absolute atomic E-state index is 11.9. The lowest BCUT2D eigenvalue weighted by Crippen LogP contribution is -2.40. The maximum atomic E-state index is 11.9. The van der Waals surface area contributed by atoms with E-state index in [1.165, 1.54) is 0 Å². The fourth-order valence-electron chi connectivity index (χ4n) is 1.34. The first-order chi connectivity index (χ1) is 7.94. The van der Waals surface area contributed by atoms with Gasteiger partial charge < -0.3 is 5.32 Å². The molecule has 0 rings (SSSR count). The number of nitrogens with one attached hydrogen (secondary N) is 2. The van der Waals surface area contributed by atoms with E-state index in [1.807, 2.05) is 6.26 Å². The van der Waals surface area contributed by atoms with Crippen molar-refractivity contribution in [3.05, 3.63) is 0 Å². The van der Waals surface area contributed by atoms with Crippen LogP contribution in [0.25, 0.3) is 0 Å². The lowest BCUT2D eigenvalue weighted by molar-refractivity contribution is 0.543. The van der Waals surface area contributed by atoms with Crippen molar-refractivity contribution in [1.82, 2.24) is 10.0 Å². The molecule has 0 spiro atoms. The van der Waals surface area contributed by atoms with Crippen LogP contribution < -0.4 is 10.0 Å². The average molecular weight is 282 g/mol. The van der Waals surface area contributed by atoms with Crippen molar-refractivity contribution in [3.8, 4) is 0 Å². The Labute approximate surface area is 110 Å². The molecule has 104 valence electrons. The van der Waals surface area contributed by atoms with Gasteiger partial charge in [-0.1, -0.05) is 13.8 Å². The van der Waals surface area contributed by atoms with Gasteiger partial charge in [0.25, 0.3) is 0 Å². The van der Waals surface area contributed by atoms with Crippen LogP contribution in [-0.4, -0.2) is 45.3 Å². The zero-order chi connectivity index (χ0) is 13.3. The minimum absolute atomic E-state index is 0.371. The molecule has 0 amide bonds. The van der Waals surface area contributed by atoms with E-state index in [9.17, 15) is 8.42 Å². The van der Waals surface area contributed by atoms with Gasteiger partial charge in [0.05, 0.1) is 5.25 Å². The minimum atomic E-state index is -3.18. The number of thioether (sulfide) groups is 1. The quantitative estimate of drug-likeness (QED) is 0.593. The smallest absolute Gasteiger partial charge is 0.215 e. The molecule has 0 aromatic rings. The summed E-state index contributed by atoms with van der Waals surface area (Å²) in [5.41, 5.74) is 0. The predicted octanol–water partition coefficient (Wildman–Crippen LogP) is 1.29. The molecule has 0 aromatic heterocycles. The summed E-state index contributed by atoms with van der Waals surface area (Å²) >= 11 is 1.74. The third-order valence-corrected chi connectivity index (χ3v) is 5.17. The van der Waals surface area contributed by atoms with Crippen molar-refractivity contribution in [3.63, 3.8) is 0 Å². The third-order valence-electron chi connectivity index (χ3n) is 2.47. The van der Waals surface area contributed by atoms with Crippen LogP contribution in [0.3, 0.4) is 0 Å². The highest BCUT2D eigenvalue weighted by Gasteiger charge is 2.20. The van der Waals surface area contributed by atoms with Crippen molar-refractivity contribution in [1.29, 1.82) is 0 Å². The van der Waals surface area contributed by atoms with Crippen molar-refractivity contribution < 1.29 is 8.42 Å². The van der Waals surface area contributed by atoms with Gasteiger partial charge in [0.15, 0.2) is 0 Å². The molecule has 0 saturated carbocycles. The molecule has 0 bridgehead atoms. The minimum Gasteiger partial charge on any atom is -0.315 e.